The second kappa shape index (κ2) is 5.75. The monoisotopic (exact) mass is 197 g/mol. The van der Waals surface area contributed by atoms with Gasteiger partial charge in [0.25, 0.3) is 0 Å². The van der Waals surface area contributed by atoms with Gasteiger partial charge in [0.05, 0.1) is 0 Å². The summed E-state index contributed by atoms with van der Waals surface area (Å²) in [5.74, 6) is 0. The van der Waals surface area contributed by atoms with E-state index in [2.05, 4.69) is 26.1 Å². The second-order valence-corrected chi connectivity index (χ2v) is 5.13. The molecule has 0 spiro atoms. The van der Waals surface area contributed by atoms with Gasteiger partial charge >= 0.3 is 0 Å². The number of nitrogens with one attached hydrogen (secondary N) is 1. The Morgan fingerprint density at radius 2 is 1.93 bits per heavy atom. The molecule has 0 heterocycles. The van der Waals surface area contributed by atoms with E-state index in [1.807, 2.05) is 0 Å². The van der Waals surface area contributed by atoms with Crippen molar-refractivity contribution in [3.05, 3.63) is 0 Å². The molecule has 0 aromatic heterocycles. The molecule has 0 radical (unpaired) electrons. The number of unbranched alkanes of at least 4 members (excludes halogenated alkanes) is 2. The van der Waals surface area contributed by atoms with Crippen LogP contribution in [-0.2, 0) is 0 Å². The van der Waals surface area contributed by atoms with Crippen molar-refractivity contribution in [1.82, 2.24) is 5.32 Å². The minimum absolute atomic E-state index is 0.707. The molecule has 84 valence electrons. The van der Waals surface area contributed by atoms with Gasteiger partial charge in [-0.2, -0.15) is 0 Å². The fraction of sp³-hybridized carbons (Fsp3) is 1.00. The summed E-state index contributed by atoms with van der Waals surface area (Å²) in [6, 6.07) is 0.727. The van der Waals surface area contributed by atoms with E-state index in [1.165, 1.54) is 51.5 Å². The van der Waals surface area contributed by atoms with Crippen molar-refractivity contribution < 1.29 is 0 Å². The first-order valence-electron chi connectivity index (χ1n) is 6.46. The van der Waals surface area contributed by atoms with Crippen molar-refractivity contribution in [1.29, 1.82) is 0 Å². The first-order chi connectivity index (χ1) is 6.72. The SMILES string of the molecule is CCCCCC(C)NCC1(CC)CC1. The quantitative estimate of drug-likeness (QED) is 0.585. The molecule has 0 aromatic carbocycles. The molecule has 0 bridgehead atoms. The molecule has 0 saturated heterocycles. The van der Waals surface area contributed by atoms with Crippen LogP contribution in [0.15, 0.2) is 0 Å². The highest BCUT2D eigenvalue weighted by Gasteiger charge is 2.40. The predicted octanol–water partition coefficient (Wildman–Crippen LogP) is 3.74. The second-order valence-electron chi connectivity index (χ2n) is 5.13. The van der Waals surface area contributed by atoms with Crippen molar-refractivity contribution in [2.45, 2.75) is 71.8 Å². The van der Waals surface area contributed by atoms with Gasteiger partial charge in [-0.25, -0.2) is 0 Å². The lowest BCUT2D eigenvalue weighted by molar-refractivity contribution is 0.394. The van der Waals surface area contributed by atoms with Gasteiger partial charge < -0.3 is 5.32 Å². The molecule has 1 nitrogen and oxygen atoms in total. The molecule has 1 N–H and O–H groups in total. The van der Waals surface area contributed by atoms with Crippen molar-refractivity contribution in [3.63, 3.8) is 0 Å². The molecular formula is C13H27N. The zero-order valence-electron chi connectivity index (χ0n) is 10.2. The maximum absolute atomic E-state index is 3.70. The Labute approximate surface area is 89.7 Å². The normalized spacial score (nSPS) is 20.8. The van der Waals surface area contributed by atoms with Gasteiger partial charge in [0.15, 0.2) is 0 Å². The molecule has 1 aliphatic rings. The van der Waals surface area contributed by atoms with Crippen molar-refractivity contribution >= 4 is 0 Å². The lowest BCUT2D eigenvalue weighted by atomic mass is 10.0. The van der Waals surface area contributed by atoms with E-state index < -0.39 is 0 Å². The van der Waals surface area contributed by atoms with Crippen LogP contribution in [-0.4, -0.2) is 12.6 Å². The zero-order valence-corrected chi connectivity index (χ0v) is 10.2. The first kappa shape index (κ1) is 12.0. The molecule has 1 fully saturated rings. The molecule has 1 saturated carbocycles. The highest BCUT2D eigenvalue weighted by atomic mass is 14.9. The maximum atomic E-state index is 3.70. The first-order valence-corrected chi connectivity index (χ1v) is 6.46. The van der Waals surface area contributed by atoms with E-state index >= 15 is 0 Å². The van der Waals surface area contributed by atoms with Crippen molar-refractivity contribution in [2.75, 3.05) is 6.54 Å². The highest BCUT2D eigenvalue weighted by Crippen LogP contribution is 2.47. The van der Waals surface area contributed by atoms with Gasteiger partial charge in [0.2, 0.25) is 0 Å². The van der Waals surface area contributed by atoms with E-state index in [0.717, 1.165) is 6.04 Å². The Balaban J connectivity index is 2.00. The fourth-order valence-corrected chi connectivity index (χ4v) is 2.03. The number of rotatable bonds is 8. The molecule has 0 amide bonds. The van der Waals surface area contributed by atoms with Crippen LogP contribution in [0.5, 0.6) is 0 Å². The molecule has 1 rings (SSSR count). The van der Waals surface area contributed by atoms with Crippen LogP contribution < -0.4 is 5.32 Å². The number of hydrogen-bond donors (Lipinski definition) is 1. The lowest BCUT2D eigenvalue weighted by Crippen LogP contribution is -2.31. The van der Waals surface area contributed by atoms with E-state index in [-0.39, 0.29) is 0 Å². The molecule has 0 aromatic rings. The zero-order chi connectivity index (χ0) is 10.4. The molecule has 1 heteroatoms. The third-order valence-corrected chi connectivity index (χ3v) is 3.77. The molecule has 1 atom stereocenters. The van der Waals surface area contributed by atoms with Crippen LogP contribution in [0.1, 0.15) is 65.7 Å². The van der Waals surface area contributed by atoms with Crippen LogP contribution in [0.2, 0.25) is 0 Å². The summed E-state index contributed by atoms with van der Waals surface area (Å²) >= 11 is 0. The summed E-state index contributed by atoms with van der Waals surface area (Å²) in [6.07, 6.45) is 9.76. The summed E-state index contributed by atoms with van der Waals surface area (Å²) in [5, 5.41) is 3.70. The third-order valence-electron chi connectivity index (χ3n) is 3.77. The third kappa shape index (κ3) is 4.00. The van der Waals surface area contributed by atoms with Crippen molar-refractivity contribution in [2.24, 2.45) is 5.41 Å². The van der Waals surface area contributed by atoms with E-state index in [4.69, 9.17) is 0 Å². The molecule has 14 heavy (non-hydrogen) atoms. The minimum Gasteiger partial charge on any atom is -0.314 e. The highest BCUT2D eigenvalue weighted by molar-refractivity contribution is 4.93. The Bertz CT molecular complexity index is 149. The van der Waals surface area contributed by atoms with Gasteiger partial charge in [-0.05, 0) is 38.0 Å². The van der Waals surface area contributed by atoms with Crippen LogP contribution >= 0.6 is 0 Å². The summed E-state index contributed by atoms with van der Waals surface area (Å²) in [6.45, 7) is 8.20. The summed E-state index contributed by atoms with van der Waals surface area (Å²) in [5.41, 5.74) is 0.707. The van der Waals surface area contributed by atoms with E-state index in [9.17, 15) is 0 Å². The summed E-state index contributed by atoms with van der Waals surface area (Å²) in [7, 11) is 0. The molecule has 0 aliphatic heterocycles. The largest absolute Gasteiger partial charge is 0.314 e. The van der Waals surface area contributed by atoms with Crippen LogP contribution in [0.25, 0.3) is 0 Å². The lowest BCUT2D eigenvalue weighted by Gasteiger charge is -2.18. The average Bonchev–Trinajstić information content (AvgIpc) is 2.96. The summed E-state index contributed by atoms with van der Waals surface area (Å²) in [4.78, 5) is 0. The average molecular weight is 197 g/mol. The van der Waals surface area contributed by atoms with E-state index in [1.54, 1.807) is 0 Å². The van der Waals surface area contributed by atoms with Gasteiger partial charge in [0, 0.05) is 12.6 Å². The van der Waals surface area contributed by atoms with Crippen LogP contribution in [0.4, 0.5) is 0 Å². The van der Waals surface area contributed by atoms with Crippen LogP contribution in [0, 0.1) is 5.41 Å². The van der Waals surface area contributed by atoms with Gasteiger partial charge in [-0.3, -0.25) is 0 Å². The van der Waals surface area contributed by atoms with Gasteiger partial charge in [0.1, 0.15) is 0 Å². The smallest absolute Gasteiger partial charge is 0.00389 e. The van der Waals surface area contributed by atoms with Gasteiger partial charge in [-0.15, -0.1) is 0 Å². The standard InChI is InChI=1S/C13H27N/c1-4-6-7-8-12(3)14-11-13(5-2)9-10-13/h12,14H,4-11H2,1-3H3. The van der Waals surface area contributed by atoms with E-state index in [0.29, 0.717) is 5.41 Å². The minimum atomic E-state index is 0.707. The Morgan fingerprint density at radius 3 is 2.43 bits per heavy atom. The summed E-state index contributed by atoms with van der Waals surface area (Å²) < 4.78 is 0. The number of hydrogen-bond acceptors (Lipinski definition) is 1. The molecular weight excluding hydrogens is 170 g/mol. The Hall–Kier alpha value is -0.0400. The Morgan fingerprint density at radius 1 is 1.21 bits per heavy atom. The van der Waals surface area contributed by atoms with Crippen molar-refractivity contribution in [3.8, 4) is 0 Å². The topological polar surface area (TPSA) is 12.0 Å². The molecule has 1 unspecified atom stereocenters. The van der Waals surface area contributed by atoms with Gasteiger partial charge in [-0.1, -0.05) is 33.1 Å². The van der Waals surface area contributed by atoms with Crippen LogP contribution in [0.3, 0.4) is 0 Å². The fourth-order valence-electron chi connectivity index (χ4n) is 2.03. The maximum Gasteiger partial charge on any atom is 0.00389 e. The Kier molecular flexibility index (Phi) is 4.94. The molecule has 1 aliphatic carbocycles. The predicted molar refractivity (Wildman–Crippen MR) is 63.6 cm³/mol.